The summed E-state index contributed by atoms with van der Waals surface area (Å²) in [5.74, 6) is -0.381. The van der Waals surface area contributed by atoms with E-state index in [9.17, 15) is 4.79 Å². The Kier molecular flexibility index (Phi) is 2.48. The Balaban J connectivity index is 2.06. The van der Waals surface area contributed by atoms with Gasteiger partial charge in [-0.25, -0.2) is 0 Å². The number of hydrogen-bond donors (Lipinski definition) is 1. The average molecular weight is 191 g/mol. The van der Waals surface area contributed by atoms with Gasteiger partial charge < -0.3 is 5.11 Å². The van der Waals surface area contributed by atoms with Gasteiger partial charge in [0.25, 0.3) is 0 Å². The smallest absolute Gasteiger partial charge is 0.306 e. The van der Waals surface area contributed by atoms with E-state index in [4.69, 9.17) is 5.11 Å². The number of nitrogens with zero attached hydrogens (tertiary/aromatic N) is 1. The van der Waals surface area contributed by atoms with Gasteiger partial charge in [-0.05, 0) is 42.9 Å². The van der Waals surface area contributed by atoms with Crippen LogP contribution in [0.5, 0.6) is 0 Å². The average Bonchev–Trinajstić information content (AvgIpc) is 2.68. The van der Waals surface area contributed by atoms with Crippen molar-refractivity contribution in [2.45, 2.75) is 25.2 Å². The van der Waals surface area contributed by atoms with Crippen LogP contribution in [0.4, 0.5) is 0 Å². The molecule has 1 aromatic heterocycles. The molecule has 0 aromatic carbocycles. The maximum absolute atomic E-state index is 10.8. The zero-order chi connectivity index (χ0) is 9.97. The number of hydrogen-bond acceptors (Lipinski definition) is 2. The van der Waals surface area contributed by atoms with Gasteiger partial charge in [-0.2, -0.15) is 0 Å². The van der Waals surface area contributed by atoms with Crippen molar-refractivity contribution in [1.82, 2.24) is 4.98 Å². The Labute approximate surface area is 82.8 Å². The Hall–Kier alpha value is -1.38. The second kappa shape index (κ2) is 3.78. The van der Waals surface area contributed by atoms with Gasteiger partial charge in [0.2, 0.25) is 0 Å². The van der Waals surface area contributed by atoms with Crippen molar-refractivity contribution in [3.05, 3.63) is 30.1 Å². The van der Waals surface area contributed by atoms with Crippen molar-refractivity contribution in [2.75, 3.05) is 0 Å². The minimum Gasteiger partial charge on any atom is -0.481 e. The first-order valence-corrected chi connectivity index (χ1v) is 4.90. The molecular formula is C11H13NO2. The standard InChI is InChI=1S/C11H13NO2/c13-11(14)10-2-1-9(7-10)8-3-5-12-6-4-8/h3-6,9-10H,1-2,7H2,(H,13,14)/t9?,10-/m1/s1. The minimum absolute atomic E-state index is 0.145. The number of carboxylic acid groups (broad SMARTS) is 1. The van der Waals surface area contributed by atoms with Crippen molar-refractivity contribution in [3.63, 3.8) is 0 Å². The van der Waals surface area contributed by atoms with Crippen LogP contribution in [-0.2, 0) is 4.79 Å². The number of pyridine rings is 1. The van der Waals surface area contributed by atoms with Crippen molar-refractivity contribution in [2.24, 2.45) is 5.92 Å². The molecule has 0 saturated heterocycles. The first-order chi connectivity index (χ1) is 6.77. The maximum Gasteiger partial charge on any atom is 0.306 e. The van der Waals surface area contributed by atoms with Gasteiger partial charge in [0.15, 0.2) is 0 Å². The van der Waals surface area contributed by atoms with E-state index in [-0.39, 0.29) is 5.92 Å². The van der Waals surface area contributed by atoms with E-state index in [0.29, 0.717) is 5.92 Å². The first-order valence-electron chi connectivity index (χ1n) is 4.90. The van der Waals surface area contributed by atoms with E-state index < -0.39 is 5.97 Å². The number of carboxylic acids is 1. The molecule has 1 unspecified atom stereocenters. The zero-order valence-electron chi connectivity index (χ0n) is 7.89. The van der Waals surface area contributed by atoms with Crippen LogP contribution >= 0.6 is 0 Å². The Morgan fingerprint density at radius 3 is 2.64 bits per heavy atom. The van der Waals surface area contributed by atoms with Gasteiger partial charge in [0.1, 0.15) is 0 Å². The molecule has 1 aliphatic rings. The molecule has 3 nitrogen and oxygen atoms in total. The Morgan fingerprint density at radius 2 is 2.07 bits per heavy atom. The molecule has 74 valence electrons. The van der Waals surface area contributed by atoms with Crippen LogP contribution in [0.2, 0.25) is 0 Å². The third-order valence-corrected chi connectivity index (χ3v) is 2.96. The molecule has 2 atom stereocenters. The third-order valence-electron chi connectivity index (χ3n) is 2.96. The number of aromatic nitrogens is 1. The normalized spacial score (nSPS) is 26.3. The summed E-state index contributed by atoms with van der Waals surface area (Å²) in [6.45, 7) is 0. The lowest BCUT2D eigenvalue weighted by molar-refractivity contribution is -0.141. The van der Waals surface area contributed by atoms with Crippen LogP contribution in [0.3, 0.4) is 0 Å². The van der Waals surface area contributed by atoms with Crippen LogP contribution in [0.15, 0.2) is 24.5 Å². The van der Waals surface area contributed by atoms with Crippen LogP contribution in [0.25, 0.3) is 0 Å². The second-order valence-corrected chi connectivity index (χ2v) is 3.83. The fraction of sp³-hybridized carbons (Fsp3) is 0.455. The van der Waals surface area contributed by atoms with E-state index in [2.05, 4.69) is 4.98 Å². The Bertz CT molecular complexity index is 323. The summed E-state index contributed by atoms with van der Waals surface area (Å²) in [5, 5.41) is 8.87. The molecule has 0 spiro atoms. The third kappa shape index (κ3) is 1.76. The van der Waals surface area contributed by atoms with E-state index in [1.807, 2.05) is 12.1 Å². The molecule has 0 aliphatic heterocycles. The molecule has 1 aromatic rings. The highest BCUT2D eigenvalue weighted by Crippen LogP contribution is 2.37. The number of rotatable bonds is 2. The lowest BCUT2D eigenvalue weighted by Crippen LogP contribution is -2.09. The second-order valence-electron chi connectivity index (χ2n) is 3.83. The largest absolute Gasteiger partial charge is 0.481 e. The molecule has 1 saturated carbocycles. The van der Waals surface area contributed by atoms with Gasteiger partial charge in [-0.15, -0.1) is 0 Å². The topological polar surface area (TPSA) is 50.2 Å². The van der Waals surface area contributed by atoms with Gasteiger partial charge in [-0.1, -0.05) is 0 Å². The molecule has 14 heavy (non-hydrogen) atoms. The van der Waals surface area contributed by atoms with Gasteiger partial charge in [-0.3, -0.25) is 9.78 Å². The molecular weight excluding hydrogens is 178 g/mol. The van der Waals surface area contributed by atoms with Crippen LogP contribution in [0.1, 0.15) is 30.7 Å². The van der Waals surface area contributed by atoms with Gasteiger partial charge in [0, 0.05) is 12.4 Å². The van der Waals surface area contributed by atoms with E-state index in [1.54, 1.807) is 12.4 Å². The van der Waals surface area contributed by atoms with Crippen molar-refractivity contribution in [1.29, 1.82) is 0 Å². The highest BCUT2D eigenvalue weighted by atomic mass is 16.4. The van der Waals surface area contributed by atoms with Crippen molar-refractivity contribution < 1.29 is 9.90 Å². The van der Waals surface area contributed by atoms with Crippen LogP contribution in [0, 0.1) is 5.92 Å². The molecule has 2 rings (SSSR count). The van der Waals surface area contributed by atoms with E-state index >= 15 is 0 Å². The number of carbonyl (C=O) groups is 1. The molecule has 0 radical (unpaired) electrons. The van der Waals surface area contributed by atoms with Crippen LogP contribution in [-0.4, -0.2) is 16.1 Å². The fourth-order valence-electron chi connectivity index (χ4n) is 2.14. The fourth-order valence-corrected chi connectivity index (χ4v) is 2.14. The maximum atomic E-state index is 10.8. The number of aliphatic carboxylic acids is 1. The Morgan fingerprint density at radius 1 is 1.36 bits per heavy atom. The quantitative estimate of drug-likeness (QED) is 0.778. The van der Waals surface area contributed by atoms with Gasteiger partial charge in [0.05, 0.1) is 5.92 Å². The zero-order valence-corrected chi connectivity index (χ0v) is 7.89. The predicted octanol–water partition coefficient (Wildman–Crippen LogP) is 2.05. The molecule has 0 amide bonds. The minimum atomic E-state index is -0.651. The molecule has 1 fully saturated rings. The molecule has 0 bridgehead atoms. The summed E-state index contributed by atoms with van der Waals surface area (Å²) in [5.41, 5.74) is 1.23. The monoisotopic (exact) mass is 191 g/mol. The summed E-state index contributed by atoms with van der Waals surface area (Å²) < 4.78 is 0. The highest BCUT2D eigenvalue weighted by molar-refractivity contribution is 5.70. The lowest BCUT2D eigenvalue weighted by Gasteiger charge is -2.08. The summed E-state index contributed by atoms with van der Waals surface area (Å²) in [7, 11) is 0. The molecule has 1 N–H and O–H groups in total. The molecule has 3 heteroatoms. The van der Waals surface area contributed by atoms with Crippen LogP contribution < -0.4 is 0 Å². The molecule has 1 heterocycles. The summed E-state index contributed by atoms with van der Waals surface area (Å²) in [6.07, 6.45) is 6.11. The van der Waals surface area contributed by atoms with E-state index in [0.717, 1.165) is 19.3 Å². The van der Waals surface area contributed by atoms with Crippen molar-refractivity contribution in [3.8, 4) is 0 Å². The molecule has 1 aliphatic carbocycles. The highest BCUT2D eigenvalue weighted by Gasteiger charge is 2.30. The van der Waals surface area contributed by atoms with Crippen molar-refractivity contribution >= 4 is 5.97 Å². The first kappa shape index (κ1) is 9.19. The van der Waals surface area contributed by atoms with E-state index in [1.165, 1.54) is 5.56 Å². The summed E-state index contributed by atoms with van der Waals surface area (Å²) in [6, 6.07) is 3.96. The SMILES string of the molecule is O=C(O)[C@@H]1CCC(c2ccncc2)C1. The summed E-state index contributed by atoms with van der Waals surface area (Å²) >= 11 is 0. The predicted molar refractivity (Wildman–Crippen MR) is 52.0 cm³/mol. The van der Waals surface area contributed by atoms with Gasteiger partial charge >= 0.3 is 5.97 Å². The lowest BCUT2D eigenvalue weighted by atomic mass is 9.97. The summed E-state index contributed by atoms with van der Waals surface area (Å²) in [4.78, 5) is 14.7.